The molecule has 4 nitrogen and oxygen atoms in total. The number of phenols is 1. The Morgan fingerprint density at radius 2 is 2.12 bits per heavy atom. The second kappa shape index (κ2) is 5.17. The van der Waals surface area contributed by atoms with E-state index in [4.69, 9.17) is 15.7 Å². The quantitative estimate of drug-likeness (QED) is 0.813. The summed E-state index contributed by atoms with van der Waals surface area (Å²) >= 11 is 0. The molecule has 1 aliphatic rings. The van der Waals surface area contributed by atoms with Gasteiger partial charge >= 0.3 is 0 Å². The molecule has 0 aromatic heterocycles. The Kier molecular flexibility index (Phi) is 3.62. The molecule has 0 radical (unpaired) electrons. The maximum Gasteiger partial charge on any atom is 0.138 e. The highest BCUT2D eigenvalue weighted by atomic mass is 16.5. The smallest absolute Gasteiger partial charge is 0.138 e. The van der Waals surface area contributed by atoms with Crippen LogP contribution in [0.4, 0.5) is 0 Å². The number of rotatable bonds is 2. The third-order valence-corrected chi connectivity index (χ3v) is 3.32. The fraction of sp³-hybridized carbons (Fsp3) is 0.462. The Balaban J connectivity index is 2.24. The Morgan fingerprint density at radius 3 is 2.76 bits per heavy atom. The lowest BCUT2D eigenvalue weighted by atomic mass is 9.87. The van der Waals surface area contributed by atoms with E-state index >= 15 is 0 Å². The number of phenolic OH excluding ortho intramolecular Hbond substituents is 1. The normalized spacial score (nSPS) is 18.6. The van der Waals surface area contributed by atoms with E-state index in [2.05, 4.69) is 0 Å². The third-order valence-electron chi connectivity index (χ3n) is 3.32. The maximum absolute atomic E-state index is 9.96. The molecule has 1 aromatic carbocycles. The minimum Gasteiger partial charge on any atom is -0.506 e. The van der Waals surface area contributed by atoms with Crippen molar-refractivity contribution in [2.75, 3.05) is 13.2 Å². The molecule has 0 bridgehead atoms. The van der Waals surface area contributed by atoms with Crippen LogP contribution in [0.2, 0.25) is 0 Å². The summed E-state index contributed by atoms with van der Waals surface area (Å²) < 4.78 is 5.29. The molecule has 1 atom stereocenters. The van der Waals surface area contributed by atoms with Gasteiger partial charge in [-0.25, -0.2) is 0 Å². The fourth-order valence-electron chi connectivity index (χ4n) is 2.25. The molecule has 0 unspecified atom stereocenters. The van der Waals surface area contributed by atoms with Crippen LogP contribution < -0.4 is 5.73 Å². The number of benzene rings is 1. The van der Waals surface area contributed by atoms with Gasteiger partial charge < -0.3 is 15.6 Å². The van der Waals surface area contributed by atoms with Crippen LogP contribution in [0.5, 0.6) is 5.75 Å². The van der Waals surface area contributed by atoms with E-state index in [-0.39, 0.29) is 17.4 Å². The lowest BCUT2D eigenvalue weighted by Gasteiger charge is -2.28. The average molecular weight is 232 g/mol. The molecule has 0 spiro atoms. The first-order chi connectivity index (χ1) is 8.24. The number of para-hydroxylation sites is 1. The molecular weight excluding hydrogens is 216 g/mol. The molecule has 90 valence electrons. The number of nitrogens with zero attached hydrogens (tertiary/aromatic N) is 1. The van der Waals surface area contributed by atoms with E-state index in [1.165, 1.54) is 0 Å². The highest BCUT2D eigenvalue weighted by molar-refractivity contribution is 5.48. The van der Waals surface area contributed by atoms with Crippen molar-refractivity contribution in [3.05, 3.63) is 29.3 Å². The van der Waals surface area contributed by atoms with E-state index in [0.717, 1.165) is 26.1 Å². The second-order valence-corrected chi connectivity index (χ2v) is 4.33. The minimum atomic E-state index is -0.229. The number of nitriles is 1. The van der Waals surface area contributed by atoms with Gasteiger partial charge in [-0.05, 0) is 24.8 Å². The van der Waals surface area contributed by atoms with Gasteiger partial charge in [0.25, 0.3) is 0 Å². The second-order valence-electron chi connectivity index (χ2n) is 4.33. The van der Waals surface area contributed by atoms with Gasteiger partial charge in [0, 0.05) is 24.8 Å². The van der Waals surface area contributed by atoms with Gasteiger partial charge in [-0.2, -0.15) is 5.26 Å². The molecule has 0 aliphatic carbocycles. The average Bonchev–Trinajstić information content (AvgIpc) is 2.39. The van der Waals surface area contributed by atoms with Gasteiger partial charge in [0.2, 0.25) is 0 Å². The Labute approximate surface area is 101 Å². The van der Waals surface area contributed by atoms with Gasteiger partial charge in [-0.15, -0.1) is 0 Å². The van der Waals surface area contributed by atoms with Gasteiger partial charge in [0.05, 0.1) is 5.56 Å². The first-order valence-electron chi connectivity index (χ1n) is 5.79. The van der Waals surface area contributed by atoms with E-state index in [0.29, 0.717) is 11.5 Å². The maximum atomic E-state index is 9.96. The van der Waals surface area contributed by atoms with Crippen molar-refractivity contribution in [3.63, 3.8) is 0 Å². The fourth-order valence-corrected chi connectivity index (χ4v) is 2.25. The number of hydrogen-bond acceptors (Lipinski definition) is 4. The topological polar surface area (TPSA) is 79.3 Å². The van der Waals surface area contributed by atoms with Crippen molar-refractivity contribution in [1.29, 1.82) is 5.26 Å². The van der Waals surface area contributed by atoms with Crippen LogP contribution in [0, 0.1) is 17.2 Å². The summed E-state index contributed by atoms with van der Waals surface area (Å²) in [6.07, 6.45) is 1.80. The van der Waals surface area contributed by atoms with Crippen LogP contribution in [0.25, 0.3) is 0 Å². The van der Waals surface area contributed by atoms with Crippen molar-refractivity contribution in [1.82, 2.24) is 0 Å². The lowest BCUT2D eigenvalue weighted by molar-refractivity contribution is 0.0581. The standard InChI is InChI=1S/C13H16N2O2/c14-8-10-2-1-3-11(13(10)16)12(15)9-4-6-17-7-5-9/h1-3,9,12,16H,4-7,15H2/t12-/m0/s1. The molecule has 1 aromatic rings. The van der Waals surface area contributed by atoms with E-state index in [1.54, 1.807) is 18.2 Å². The molecule has 2 rings (SSSR count). The predicted octanol–water partition coefficient (Wildman–Crippen LogP) is 1.69. The predicted molar refractivity (Wildman–Crippen MR) is 63.3 cm³/mol. The van der Waals surface area contributed by atoms with E-state index in [1.807, 2.05) is 6.07 Å². The number of ether oxygens (including phenoxy) is 1. The van der Waals surface area contributed by atoms with Crippen molar-refractivity contribution >= 4 is 0 Å². The van der Waals surface area contributed by atoms with Gasteiger partial charge in [0.1, 0.15) is 11.8 Å². The van der Waals surface area contributed by atoms with Crippen LogP contribution in [-0.2, 0) is 4.74 Å². The van der Waals surface area contributed by atoms with E-state index < -0.39 is 0 Å². The number of hydrogen-bond donors (Lipinski definition) is 2. The highest BCUT2D eigenvalue weighted by Crippen LogP contribution is 2.34. The molecule has 1 heterocycles. The van der Waals surface area contributed by atoms with Crippen LogP contribution in [0.1, 0.15) is 30.0 Å². The zero-order valence-corrected chi connectivity index (χ0v) is 9.60. The molecule has 1 fully saturated rings. The molecule has 0 saturated carbocycles. The lowest BCUT2D eigenvalue weighted by Crippen LogP contribution is -2.27. The SMILES string of the molecule is N#Cc1cccc([C@@H](N)C2CCOCC2)c1O. The summed E-state index contributed by atoms with van der Waals surface area (Å²) in [5, 5.41) is 18.8. The van der Waals surface area contributed by atoms with Crippen molar-refractivity contribution in [2.45, 2.75) is 18.9 Å². The largest absolute Gasteiger partial charge is 0.506 e. The molecule has 17 heavy (non-hydrogen) atoms. The van der Waals surface area contributed by atoms with Crippen molar-refractivity contribution in [2.24, 2.45) is 11.7 Å². The highest BCUT2D eigenvalue weighted by Gasteiger charge is 2.24. The molecule has 4 heteroatoms. The first-order valence-corrected chi connectivity index (χ1v) is 5.79. The van der Waals surface area contributed by atoms with Gasteiger partial charge in [-0.3, -0.25) is 0 Å². The van der Waals surface area contributed by atoms with Crippen molar-refractivity contribution < 1.29 is 9.84 Å². The summed E-state index contributed by atoms with van der Waals surface area (Å²) in [4.78, 5) is 0. The minimum absolute atomic E-state index is 0.0222. The van der Waals surface area contributed by atoms with Crippen LogP contribution in [0.15, 0.2) is 18.2 Å². The van der Waals surface area contributed by atoms with Gasteiger partial charge in [0.15, 0.2) is 0 Å². The summed E-state index contributed by atoms with van der Waals surface area (Å²) in [7, 11) is 0. The number of nitrogens with two attached hydrogens (primary N) is 1. The summed E-state index contributed by atoms with van der Waals surface area (Å²) in [6, 6.07) is 6.87. The molecule has 1 aliphatic heterocycles. The summed E-state index contributed by atoms with van der Waals surface area (Å²) in [6.45, 7) is 1.44. The Bertz CT molecular complexity index is 434. The monoisotopic (exact) mass is 232 g/mol. The zero-order valence-electron chi connectivity index (χ0n) is 9.60. The van der Waals surface area contributed by atoms with Crippen LogP contribution in [0.3, 0.4) is 0 Å². The van der Waals surface area contributed by atoms with Crippen molar-refractivity contribution in [3.8, 4) is 11.8 Å². The zero-order chi connectivity index (χ0) is 12.3. The molecular formula is C13H16N2O2. The van der Waals surface area contributed by atoms with E-state index in [9.17, 15) is 5.11 Å². The molecule has 3 N–H and O–H groups in total. The molecule has 0 amide bonds. The third kappa shape index (κ3) is 2.41. The summed E-state index contributed by atoms with van der Waals surface area (Å²) in [5.41, 5.74) is 7.11. The Hall–Kier alpha value is -1.57. The van der Waals surface area contributed by atoms with Crippen LogP contribution in [-0.4, -0.2) is 18.3 Å². The van der Waals surface area contributed by atoms with Crippen LogP contribution >= 0.6 is 0 Å². The first kappa shape index (κ1) is 11.9. The summed E-state index contributed by atoms with van der Waals surface area (Å²) in [5.74, 6) is 0.331. The Morgan fingerprint density at radius 1 is 1.41 bits per heavy atom. The molecule has 1 saturated heterocycles. The van der Waals surface area contributed by atoms with Gasteiger partial charge in [-0.1, -0.05) is 12.1 Å². The number of aromatic hydroxyl groups is 1.